The molecule has 0 spiro atoms. The molecule has 0 aliphatic carbocycles. The Balaban J connectivity index is 1.39. The van der Waals surface area contributed by atoms with E-state index in [0.29, 0.717) is 6.10 Å². The highest BCUT2D eigenvalue weighted by atomic mass is 35.5. The molecule has 3 heterocycles. The van der Waals surface area contributed by atoms with Crippen molar-refractivity contribution in [2.45, 2.75) is 58.0 Å². The van der Waals surface area contributed by atoms with Crippen molar-refractivity contribution in [2.24, 2.45) is 0 Å². The summed E-state index contributed by atoms with van der Waals surface area (Å²) in [7, 11) is -1.69. The van der Waals surface area contributed by atoms with Crippen LogP contribution >= 0.6 is 22.9 Å². The van der Waals surface area contributed by atoms with Gasteiger partial charge in [0.25, 0.3) is 0 Å². The van der Waals surface area contributed by atoms with Gasteiger partial charge in [-0.2, -0.15) is 0 Å². The Kier molecular flexibility index (Phi) is 6.12. The Morgan fingerprint density at radius 2 is 1.93 bits per heavy atom. The van der Waals surface area contributed by atoms with Gasteiger partial charge in [-0.1, -0.05) is 56.6 Å². The van der Waals surface area contributed by atoms with Crippen LogP contribution in [0.2, 0.25) is 23.2 Å². The van der Waals surface area contributed by atoms with Gasteiger partial charge in [0.1, 0.15) is 0 Å². The Bertz CT molecular complexity index is 1030. The predicted molar refractivity (Wildman–Crippen MR) is 132 cm³/mol. The third-order valence-electron chi connectivity index (χ3n) is 6.51. The van der Waals surface area contributed by atoms with E-state index in [4.69, 9.17) is 16.0 Å². The normalized spacial score (nSPS) is 18.4. The largest absolute Gasteiger partial charge is 0.413 e. The van der Waals surface area contributed by atoms with E-state index in [2.05, 4.69) is 74.1 Å². The molecule has 4 rings (SSSR count). The SMILES string of the molecule is CC(C)(C)[Si](C)(C)O[C@H]1CCN(Cc2ccc(-c3cc4nccc(Cl)c4s3)cc2)C1. The number of likely N-dealkylation sites (tertiary alicyclic amines) is 1. The minimum atomic E-state index is -1.69. The Morgan fingerprint density at radius 3 is 2.60 bits per heavy atom. The maximum Gasteiger partial charge on any atom is 0.192 e. The molecule has 2 aromatic heterocycles. The van der Waals surface area contributed by atoms with E-state index in [9.17, 15) is 0 Å². The van der Waals surface area contributed by atoms with E-state index in [1.165, 1.54) is 16.0 Å². The van der Waals surface area contributed by atoms with Crippen molar-refractivity contribution in [3.05, 3.63) is 53.2 Å². The van der Waals surface area contributed by atoms with Gasteiger partial charge in [0, 0.05) is 30.7 Å². The van der Waals surface area contributed by atoms with E-state index in [0.717, 1.165) is 41.3 Å². The van der Waals surface area contributed by atoms with Crippen LogP contribution in [0.15, 0.2) is 42.6 Å². The number of halogens is 1. The summed E-state index contributed by atoms with van der Waals surface area (Å²) in [6.07, 6.45) is 3.28. The molecule has 0 radical (unpaired) electrons. The molecular formula is C24H31ClN2OSSi. The maximum atomic E-state index is 6.63. The highest BCUT2D eigenvalue weighted by Crippen LogP contribution is 2.39. The van der Waals surface area contributed by atoms with E-state index >= 15 is 0 Å². The molecule has 0 N–H and O–H groups in total. The van der Waals surface area contributed by atoms with E-state index in [1.54, 1.807) is 17.5 Å². The van der Waals surface area contributed by atoms with Crippen LogP contribution in [0.5, 0.6) is 0 Å². The standard InChI is InChI=1S/C24H31ClN2OSSi/c1-24(2,3)30(4,5)28-19-11-13-27(16-19)15-17-6-8-18(9-7-17)22-14-21-23(29-22)20(25)10-12-26-21/h6-10,12,14,19H,11,13,15-16H2,1-5H3/t19-/m0/s1. The van der Waals surface area contributed by atoms with Crippen molar-refractivity contribution in [3.63, 3.8) is 0 Å². The zero-order valence-electron chi connectivity index (χ0n) is 18.5. The molecule has 0 unspecified atom stereocenters. The van der Waals surface area contributed by atoms with Gasteiger partial charge in [0.2, 0.25) is 0 Å². The molecule has 3 nitrogen and oxygen atoms in total. The molecule has 160 valence electrons. The fourth-order valence-corrected chi connectivity index (χ4v) is 6.39. The van der Waals surface area contributed by atoms with Crippen molar-refractivity contribution in [1.29, 1.82) is 0 Å². The molecule has 1 atom stereocenters. The molecule has 0 saturated carbocycles. The molecule has 1 aliphatic heterocycles. The molecule has 3 aromatic rings. The van der Waals surface area contributed by atoms with Crippen molar-refractivity contribution >= 4 is 41.5 Å². The Hall–Kier alpha value is -1.24. The first-order chi connectivity index (χ1) is 14.1. The lowest BCUT2D eigenvalue weighted by Crippen LogP contribution is -2.44. The molecule has 1 aromatic carbocycles. The zero-order chi connectivity index (χ0) is 21.5. The molecule has 0 bridgehead atoms. The quantitative estimate of drug-likeness (QED) is 0.377. The lowest BCUT2D eigenvalue weighted by Gasteiger charge is -2.38. The molecule has 1 aliphatic rings. The summed E-state index contributed by atoms with van der Waals surface area (Å²) >= 11 is 8.02. The fourth-order valence-electron chi connectivity index (χ4n) is 3.71. The molecule has 1 saturated heterocycles. The summed E-state index contributed by atoms with van der Waals surface area (Å²) in [5, 5.41) is 1.04. The minimum Gasteiger partial charge on any atom is -0.413 e. The van der Waals surface area contributed by atoms with E-state index < -0.39 is 8.32 Å². The topological polar surface area (TPSA) is 25.4 Å². The summed E-state index contributed by atoms with van der Waals surface area (Å²) in [5.74, 6) is 0. The summed E-state index contributed by atoms with van der Waals surface area (Å²) in [5.41, 5.74) is 3.54. The van der Waals surface area contributed by atoms with Crippen LogP contribution in [0.4, 0.5) is 0 Å². The highest BCUT2D eigenvalue weighted by molar-refractivity contribution is 7.22. The number of hydrogen-bond acceptors (Lipinski definition) is 4. The van der Waals surface area contributed by atoms with Crippen molar-refractivity contribution in [2.75, 3.05) is 13.1 Å². The van der Waals surface area contributed by atoms with Crippen LogP contribution in [-0.4, -0.2) is 37.4 Å². The maximum absolute atomic E-state index is 6.63. The number of nitrogens with zero attached hydrogens (tertiary/aromatic N) is 2. The molecule has 1 fully saturated rings. The average molecular weight is 459 g/mol. The lowest BCUT2D eigenvalue weighted by molar-refractivity contribution is 0.179. The Labute approximate surface area is 190 Å². The first-order valence-corrected chi connectivity index (χ1v) is 14.8. The van der Waals surface area contributed by atoms with Gasteiger partial charge in [-0.15, -0.1) is 11.3 Å². The van der Waals surface area contributed by atoms with Gasteiger partial charge >= 0.3 is 0 Å². The van der Waals surface area contributed by atoms with Crippen molar-refractivity contribution in [1.82, 2.24) is 9.88 Å². The summed E-state index contributed by atoms with van der Waals surface area (Å²) in [4.78, 5) is 8.17. The van der Waals surface area contributed by atoms with Gasteiger partial charge in [-0.25, -0.2) is 0 Å². The summed E-state index contributed by atoms with van der Waals surface area (Å²) in [6, 6.07) is 12.9. The summed E-state index contributed by atoms with van der Waals surface area (Å²) in [6.45, 7) is 14.8. The molecule has 30 heavy (non-hydrogen) atoms. The zero-order valence-corrected chi connectivity index (χ0v) is 21.1. The molecular weight excluding hydrogens is 428 g/mol. The second-order valence-corrected chi connectivity index (χ2v) is 16.1. The molecule has 0 amide bonds. The smallest absolute Gasteiger partial charge is 0.192 e. The van der Waals surface area contributed by atoms with Gasteiger partial charge < -0.3 is 4.43 Å². The average Bonchev–Trinajstić information content (AvgIpc) is 3.29. The second-order valence-electron chi connectivity index (χ2n) is 9.84. The van der Waals surface area contributed by atoms with Gasteiger partial charge in [-0.05, 0) is 47.8 Å². The van der Waals surface area contributed by atoms with E-state index in [-0.39, 0.29) is 5.04 Å². The number of rotatable bonds is 5. The van der Waals surface area contributed by atoms with Crippen LogP contribution in [0, 0.1) is 0 Å². The van der Waals surface area contributed by atoms with Gasteiger partial charge in [-0.3, -0.25) is 9.88 Å². The number of fused-ring (bicyclic) bond motifs is 1. The van der Waals surface area contributed by atoms with Crippen molar-refractivity contribution in [3.8, 4) is 10.4 Å². The predicted octanol–water partition coefficient (Wildman–Crippen LogP) is 7.21. The third kappa shape index (κ3) is 4.65. The van der Waals surface area contributed by atoms with Crippen LogP contribution < -0.4 is 0 Å². The van der Waals surface area contributed by atoms with Gasteiger partial charge in [0.05, 0.1) is 21.3 Å². The van der Waals surface area contributed by atoms with Crippen molar-refractivity contribution < 1.29 is 4.43 Å². The van der Waals surface area contributed by atoms with E-state index in [1.807, 2.05) is 6.07 Å². The Morgan fingerprint density at radius 1 is 1.20 bits per heavy atom. The number of benzene rings is 1. The van der Waals surface area contributed by atoms with Crippen LogP contribution in [0.1, 0.15) is 32.8 Å². The first-order valence-electron chi connectivity index (χ1n) is 10.7. The highest BCUT2D eigenvalue weighted by Gasteiger charge is 2.40. The summed E-state index contributed by atoms with van der Waals surface area (Å²) < 4.78 is 7.69. The van der Waals surface area contributed by atoms with Crippen LogP contribution in [-0.2, 0) is 11.0 Å². The third-order valence-corrected chi connectivity index (χ3v) is 12.7. The minimum absolute atomic E-state index is 0.266. The number of thiophene rings is 1. The second kappa shape index (κ2) is 8.36. The number of hydrogen-bond donors (Lipinski definition) is 0. The van der Waals surface area contributed by atoms with Crippen LogP contribution in [0.3, 0.4) is 0 Å². The fraction of sp³-hybridized carbons (Fsp3) is 0.458. The number of pyridine rings is 1. The van der Waals surface area contributed by atoms with Crippen LogP contribution in [0.25, 0.3) is 20.7 Å². The number of aromatic nitrogens is 1. The molecule has 6 heteroatoms. The van der Waals surface area contributed by atoms with Gasteiger partial charge in [0.15, 0.2) is 8.32 Å². The monoisotopic (exact) mass is 458 g/mol. The first kappa shape index (κ1) is 22.0. The lowest BCUT2D eigenvalue weighted by atomic mass is 10.1.